The predicted octanol–water partition coefficient (Wildman–Crippen LogP) is 2.76. The number of rotatable bonds is 5. The minimum absolute atomic E-state index is 0.0432. The summed E-state index contributed by atoms with van der Waals surface area (Å²) in [5.74, 6) is 2.05. The Morgan fingerprint density at radius 2 is 2.04 bits per heavy atom. The summed E-state index contributed by atoms with van der Waals surface area (Å²) in [6, 6.07) is 5.81. The van der Waals surface area contributed by atoms with Crippen molar-refractivity contribution in [1.82, 2.24) is 10.2 Å². The quantitative estimate of drug-likeness (QED) is 0.912. The molecule has 0 spiro atoms. The molecule has 1 amide bonds. The molecule has 1 saturated carbocycles. The Kier molecular flexibility index (Phi) is 3.87. The van der Waals surface area contributed by atoms with E-state index in [0.717, 1.165) is 22.1 Å². The van der Waals surface area contributed by atoms with Crippen LogP contribution in [-0.2, 0) is 11.2 Å². The molecule has 0 unspecified atom stereocenters. The van der Waals surface area contributed by atoms with Gasteiger partial charge in [0.25, 0.3) is 0 Å². The van der Waals surface area contributed by atoms with Crippen LogP contribution >= 0.6 is 11.3 Å². The van der Waals surface area contributed by atoms with Gasteiger partial charge in [-0.1, -0.05) is 17.4 Å². The zero-order chi connectivity index (χ0) is 15.6. The van der Waals surface area contributed by atoms with Crippen LogP contribution in [0.15, 0.2) is 18.2 Å². The van der Waals surface area contributed by atoms with E-state index in [9.17, 15) is 4.79 Å². The zero-order valence-electron chi connectivity index (χ0n) is 12.6. The van der Waals surface area contributed by atoms with E-state index in [1.165, 1.54) is 24.2 Å². The number of carbonyl (C=O) groups excluding carboxylic acids is 1. The lowest BCUT2D eigenvalue weighted by molar-refractivity contribution is -0.116. The summed E-state index contributed by atoms with van der Waals surface area (Å²) in [4.78, 5) is 12.0. The number of aryl methyl sites for hydroxylation is 1. The van der Waals surface area contributed by atoms with Gasteiger partial charge in [0.15, 0.2) is 11.5 Å². The van der Waals surface area contributed by atoms with Crippen molar-refractivity contribution >= 4 is 22.4 Å². The van der Waals surface area contributed by atoms with E-state index < -0.39 is 0 Å². The van der Waals surface area contributed by atoms with Gasteiger partial charge in [0.1, 0.15) is 18.2 Å². The van der Waals surface area contributed by atoms with E-state index >= 15 is 0 Å². The molecule has 1 aromatic heterocycles. The van der Waals surface area contributed by atoms with Gasteiger partial charge in [-0.25, -0.2) is 0 Å². The van der Waals surface area contributed by atoms with Crippen molar-refractivity contribution in [2.45, 2.75) is 31.6 Å². The number of nitrogens with one attached hydrogen (secondary N) is 1. The molecule has 23 heavy (non-hydrogen) atoms. The molecule has 4 rings (SSSR count). The summed E-state index contributed by atoms with van der Waals surface area (Å²) in [7, 11) is 0. The van der Waals surface area contributed by atoms with Gasteiger partial charge in [-0.05, 0) is 37.0 Å². The van der Waals surface area contributed by atoms with E-state index in [-0.39, 0.29) is 5.91 Å². The average Bonchev–Trinajstić information content (AvgIpc) is 3.33. The number of benzene rings is 1. The lowest BCUT2D eigenvalue weighted by Crippen LogP contribution is -2.15. The van der Waals surface area contributed by atoms with Crippen molar-refractivity contribution < 1.29 is 14.3 Å². The van der Waals surface area contributed by atoms with Gasteiger partial charge in [-0.15, -0.1) is 10.2 Å². The summed E-state index contributed by atoms with van der Waals surface area (Å²) >= 11 is 1.48. The third-order valence-corrected chi connectivity index (χ3v) is 4.86. The molecule has 120 valence electrons. The molecule has 1 aliphatic heterocycles. The summed E-state index contributed by atoms with van der Waals surface area (Å²) in [6.45, 7) is 1.15. The summed E-state index contributed by atoms with van der Waals surface area (Å²) in [5, 5.41) is 12.6. The second-order valence-corrected chi connectivity index (χ2v) is 6.76. The molecule has 1 fully saturated rings. The maximum atomic E-state index is 12.0. The third kappa shape index (κ3) is 3.44. The van der Waals surface area contributed by atoms with Crippen LogP contribution in [-0.4, -0.2) is 29.3 Å². The number of ether oxygens (including phenoxy) is 2. The van der Waals surface area contributed by atoms with Crippen molar-refractivity contribution in [3.05, 3.63) is 28.8 Å². The van der Waals surface area contributed by atoms with Crippen molar-refractivity contribution in [1.29, 1.82) is 0 Å². The molecule has 2 aliphatic rings. The van der Waals surface area contributed by atoms with Crippen LogP contribution in [0.2, 0.25) is 0 Å². The second kappa shape index (κ2) is 6.16. The molecule has 1 aromatic carbocycles. The van der Waals surface area contributed by atoms with Crippen LogP contribution in [0.5, 0.6) is 11.5 Å². The highest BCUT2D eigenvalue weighted by Crippen LogP contribution is 2.42. The van der Waals surface area contributed by atoms with Crippen LogP contribution in [0.25, 0.3) is 0 Å². The number of carbonyl (C=O) groups is 1. The monoisotopic (exact) mass is 331 g/mol. The molecule has 0 bridgehead atoms. The molecule has 0 radical (unpaired) electrons. The zero-order valence-corrected chi connectivity index (χ0v) is 13.4. The highest BCUT2D eigenvalue weighted by Gasteiger charge is 2.27. The smallest absolute Gasteiger partial charge is 0.226 e. The molecular weight excluding hydrogens is 314 g/mol. The summed E-state index contributed by atoms with van der Waals surface area (Å²) < 4.78 is 11.0. The molecule has 7 heteroatoms. The second-order valence-electron chi connectivity index (χ2n) is 5.75. The van der Waals surface area contributed by atoms with Crippen LogP contribution in [0.4, 0.5) is 5.13 Å². The number of fused-ring (bicyclic) bond motifs is 1. The minimum Gasteiger partial charge on any atom is -0.486 e. The van der Waals surface area contributed by atoms with Crippen LogP contribution in [0, 0.1) is 0 Å². The van der Waals surface area contributed by atoms with E-state index in [0.29, 0.717) is 37.1 Å². The predicted molar refractivity (Wildman–Crippen MR) is 86.3 cm³/mol. The molecule has 2 heterocycles. The Labute approximate surface area is 137 Å². The Balaban J connectivity index is 1.32. The highest BCUT2D eigenvalue weighted by atomic mass is 32.1. The first-order valence-corrected chi connectivity index (χ1v) is 8.61. The van der Waals surface area contributed by atoms with Gasteiger partial charge in [-0.3, -0.25) is 4.79 Å². The van der Waals surface area contributed by atoms with Crippen molar-refractivity contribution in [2.24, 2.45) is 0 Å². The van der Waals surface area contributed by atoms with Crippen LogP contribution < -0.4 is 14.8 Å². The van der Waals surface area contributed by atoms with Crippen molar-refractivity contribution in [3.8, 4) is 11.5 Å². The van der Waals surface area contributed by atoms with E-state index in [4.69, 9.17) is 9.47 Å². The van der Waals surface area contributed by atoms with E-state index in [1.807, 2.05) is 18.2 Å². The van der Waals surface area contributed by atoms with Crippen LogP contribution in [0.3, 0.4) is 0 Å². The number of aromatic nitrogens is 2. The first kappa shape index (κ1) is 14.4. The Bertz CT molecular complexity index is 727. The van der Waals surface area contributed by atoms with E-state index in [1.54, 1.807) is 0 Å². The fourth-order valence-electron chi connectivity index (χ4n) is 2.46. The first-order valence-electron chi connectivity index (χ1n) is 7.80. The van der Waals surface area contributed by atoms with Crippen molar-refractivity contribution in [3.63, 3.8) is 0 Å². The maximum absolute atomic E-state index is 12.0. The number of nitrogens with zero attached hydrogens (tertiary/aromatic N) is 2. The van der Waals surface area contributed by atoms with Gasteiger partial charge in [0, 0.05) is 12.3 Å². The van der Waals surface area contributed by atoms with E-state index in [2.05, 4.69) is 15.5 Å². The van der Waals surface area contributed by atoms with Crippen LogP contribution in [0.1, 0.15) is 35.8 Å². The Morgan fingerprint density at radius 3 is 2.87 bits per heavy atom. The molecule has 1 N–H and O–H groups in total. The number of anilines is 1. The Hall–Kier alpha value is -2.15. The van der Waals surface area contributed by atoms with Gasteiger partial charge in [0.05, 0.1) is 0 Å². The maximum Gasteiger partial charge on any atom is 0.226 e. The number of amides is 1. The van der Waals surface area contributed by atoms with Crippen molar-refractivity contribution in [2.75, 3.05) is 18.5 Å². The average molecular weight is 331 g/mol. The topological polar surface area (TPSA) is 73.3 Å². The molecule has 0 atom stereocenters. The number of hydrogen-bond donors (Lipinski definition) is 1. The Morgan fingerprint density at radius 1 is 1.22 bits per heavy atom. The lowest BCUT2D eigenvalue weighted by Gasteiger charge is -2.18. The standard InChI is InChI=1S/C16H17N3O3S/c20-14(17-16-19-18-15(23-16)11-3-4-11)6-2-10-1-5-12-13(9-10)22-8-7-21-12/h1,5,9,11H,2-4,6-8H2,(H,17,19,20). The fourth-order valence-corrected chi connectivity index (χ4v) is 3.39. The molecule has 0 saturated heterocycles. The SMILES string of the molecule is O=C(CCc1ccc2c(c1)OCCO2)Nc1nnc(C2CC2)s1. The fraction of sp³-hybridized carbons (Fsp3) is 0.438. The first-order chi connectivity index (χ1) is 11.3. The molecular formula is C16H17N3O3S. The summed E-state index contributed by atoms with van der Waals surface area (Å²) in [5.41, 5.74) is 1.06. The minimum atomic E-state index is -0.0432. The molecule has 2 aromatic rings. The third-order valence-electron chi connectivity index (χ3n) is 3.86. The highest BCUT2D eigenvalue weighted by molar-refractivity contribution is 7.15. The molecule has 1 aliphatic carbocycles. The normalized spacial score (nSPS) is 16.2. The van der Waals surface area contributed by atoms with Gasteiger partial charge in [-0.2, -0.15) is 0 Å². The molecule has 6 nitrogen and oxygen atoms in total. The van der Waals surface area contributed by atoms with Gasteiger partial charge in [0.2, 0.25) is 11.0 Å². The summed E-state index contributed by atoms with van der Waals surface area (Å²) in [6.07, 6.45) is 3.42. The number of hydrogen-bond acceptors (Lipinski definition) is 6. The van der Waals surface area contributed by atoms with Gasteiger partial charge < -0.3 is 14.8 Å². The van der Waals surface area contributed by atoms with Gasteiger partial charge >= 0.3 is 0 Å². The largest absolute Gasteiger partial charge is 0.486 e. The lowest BCUT2D eigenvalue weighted by atomic mass is 10.1.